The number of carbonyl (C=O) groups excluding carboxylic acids is 1. The number of carbonyl (C=O) groups is 1. The first-order valence-electron chi connectivity index (χ1n) is 5.79. The molecular formula is C11H18ClNO2. The molecule has 0 aromatic heterocycles. The SMILES string of the molecule is O=C(CC1CCCO1)N1CCCC(Cl)C1. The minimum atomic E-state index is 0.146. The first-order valence-corrected chi connectivity index (χ1v) is 6.23. The normalized spacial score (nSPS) is 31.9. The molecule has 0 saturated carbocycles. The lowest BCUT2D eigenvalue weighted by atomic mass is 10.1. The molecule has 0 N–H and O–H groups in total. The molecule has 4 heteroatoms. The van der Waals surface area contributed by atoms with Crippen molar-refractivity contribution in [1.82, 2.24) is 4.90 Å². The zero-order valence-electron chi connectivity index (χ0n) is 8.95. The summed E-state index contributed by atoms with van der Waals surface area (Å²) < 4.78 is 5.46. The van der Waals surface area contributed by atoms with Gasteiger partial charge in [0.2, 0.25) is 5.91 Å². The van der Waals surface area contributed by atoms with E-state index in [4.69, 9.17) is 16.3 Å². The smallest absolute Gasteiger partial charge is 0.225 e. The van der Waals surface area contributed by atoms with E-state index in [0.717, 1.165) is 38.8 Å². The van der Waals surface area contributed by atoms with Gasteiger partial charge in [0.1, 0.15) is 0 Å². The van der Waals surface area contributed by atoms with E-state index < -0.39 is 0 Å². The maximum atomic E-state index is 11.9. The zero-order valence-corrected chi connectivity index (χ0v) is 9.71. The van der Waals surface area contributed by atoms with Crippen LogP contribution in [0.1, 0.15) is 32.1 Å². The molecule has 0 spiro atoms. The van der Waals surface area contributed by atoms with Gasteiger partial charge in [0.05, 0.1) is 17.9 Å². The molecule has 2 atom stereocenters. The number of rotatable bonds is 2. The number of likely N-dealkylation sites (tertiary alicyclic amines) is 1. The molecule has 0 aromatic rings. The average molecular weight is 232 g/mol. The highest BCUT2D eigenvalue weighted by molar-refractivity contribution is 6.20. The minimum absolute atomic E-state index is 0.146. The van der Waals surface area contributed by atoms with Gasteiger partial charge >= 0.3 is 0 Å². The van der Waals surface area contributed by atoms with Crippen LogP contribution >= 0.6 is 11.6 Å². The number of ether oxygens (including phenoxy) is 1. The van der Waals surface area contributed by atoms with E-state index >= 15 is 0 Å². The predicted octanol–water partition coefficient (Wildman–Crippen LogP) is 1.79. The number of halogens is 1. The van der Waals surface area contributed by atoms with Crippen LogP contribution in [0.3, 0.4) is 0 Å². The summed E-state index contributed by atoms with van der Waals surface area (Å²) in [5.74, 6) is 0.215. The van der Waals surface area contributed by atoms with Gasteiger partial charge in [-0.3, -0.25) is 4.79 Å². The van der Waals surface area contributed by atoms with Crippen molar-refractivity contribution in [1.29, 1.82) is 0 Å². The number of amides is 1. The van der Waals surface area contributed by atoms with Gasteiger partial charge in [0, 0.05) is 19.7 Å². The van der Waals surface area contributed by atoms with E-state index in [1.165, 1.54) is 0 Å². The van der Waals surface area contributed by atoms with Crippen LogP contribution in [-0.2, 0) is 9.53 Å². The molecule has 0 radical (unpaired) electrons. The topological polar surface area (TPSA) is 29.5 Å². The van der Waals surface area contributed by atoms with Crippen LogP contribution in [0.5, 0.6) is 0 Å². The fourth-order valence-electron chi connectivity index (χ4n) is 2.28. The molecule has 3 nitrogen and oxygen atoms in total. The first kappa shape index (κ1) is 11.2. The third-order valence-electron chi connectivity index (χ3n) is 3.14. The van der Waals surface area contributed by atoms with E-state index in [9.17, 15) is 4.79 Å². The van der Waals surface area contributed by atoms with Crippen LogP contribution in [-0.4, -0.2) is 42.0 Å². The molecule has 0 bridgehead atoms. The lowest BCUT2D eigenvalue weighted by Gasteiger charge is -2.30. The highest BCUT2D eigenvalue weighted by atomic mass is 35.5. The van der Waals surface area contributed by atoms with Crippen molar-refractivity contribution in [3.8, 4) is 0 Å². The maximum Gasteiger partial charge on any atom is 0.225 e. The van der Waals surface area contributed by atoms with Crippen molar-refractivity contribution in [3.63, 3.8) is 0 Å². The Bertz CT molecular complexity index is 229. The van der Waals surface area contributed by atoms with Gasteiger partial charge in [-0.05, 0) is 25.7 Å². The maximum absolute atomic E-state index is 11.9. The first-order chi connectivity index (χ1) is 7.25. The lowest BCUT2D eigenvalue weighted by Crippen LogP contribution is -2.41. The molecule has 2 fully saturated rings. The quantitative estimate of drug-likeness (QED) is 0.679. The monoisotopic (exact) mass is 231 g/mol. The molecule has 2 unspecified atom stereocenters. The third-order valence-corrected chi connectivity index (χ3v) is 3.50. The summed E-state index contributed by atoms with van der Waals surface area (Å²) >= 11 is 6.05. The van der Waals surface area contributed by atoms with Crippen molar-refractivity contribution in [3.05, 3.63) is 0 Å². The highest BCUT2D eigenvalue weighted by Gasteiger charge is 2.26. The van der Waals surface area contributed by atoms with Gasteiger partial charge in [0.25, 0.3) is 0 Å². The second-order valence-corrected chi connectivity index (χ2v) is 5.04. The molecule has 2 aliphatic rings. The van der Waals surface area contributed by atoms with Crippen molar-refractivity contribution in [2.75, 3.05) is 19.7 Å². The van der Waals surface area contributed by atoms with Crippen LogP contribution in [0.25, 0.3) is 0 Å². The Balaban J connectivity index is 1.78. The van der Waals surface area contributed by atoms with Gasteiger partial charge in [-0.25, -0.2) is 0 Å². The second kappa shape index (κ2) is 5.17. The molecule has 2 heterocycles. The van der Waals surface area contributed by atoms with Crippen molar-refractivity contribution >= 4 is 17.5 Å². The van der Waals surface area contributed by atoms with E-state index in [1.807, 2.05) is 4.90 Å². The van der Waals surface area contributed by atoms with Gasteiger partial charge in [-0.2, -0.15) is 0 Å². The average Bonchev–Trinajstić information content (AvgIpc) is 2.70. The number of hydrogen-bond donors (Lipinski definition) is 0. The van der Waals surface area contributed by atoms with Crippen molar-refractivity contribution in [2.24, 2.45) is 0 Å². The van der Waals surface area contributed by atoms with E-state index in [0.29, 0.717) is 13.0 Å². The number of hydrogen-bond acceptors (Lipinski definition) is 2. The summed E-state index contributed by atoms with van der Waals surface area (Å²) in [4.78, 5) is 13.8. The van der Waals surface area contributed by atoms with Gasteiger partial charge in [-0.15, -0.1) is 11.6 Å². The summed E-state index contributed by atoms with van der Waals surface area (Å²) in [6.45, 7) is 2.40. The summed E-state index contributed by atoms with van der Waals surface area (Å²) in [6, 6.07) is 0. The van der Waals surface area contributed by atoms with Gasteiger partial charge in [0.15, 0.2) is 0 Å². The van der Waals surface area contributed by atoms with Crippen LogP contribution in [0, 0.1) is 0 Å². The van der Waals surface area contributed by atoms with Crippen LogP contribution in [0.15, 0.2) is 0 Å². The Morgan fingerprint density at radius 2 is 2.27 bits per heavy atom. The molecule has 0 aromatic carbocycles. The Morgan fingerprint density at radius 3 is 2.93 bits per heavy atom. The third kappa shape index (κ3) is 3.08. The second-order valence-electron chi connectivity index (χ2n) is 4.42. The molecule has 2 aliphatic heterocycles. The van der Waals surface area contributed by atoms with E-state index in [1.54, 1.807) is 0 Å². The largest absolute Gasteiger partial charge is 0.378 e. The van der Waals surface area contributed by atoms with E-state index in [-0.39, 0.29) is 17.4 Å². The Kier molecular flexibility index (Phi) is 3.87. The fourth-order valence-corrected chi connectivity index (χ4v) is 2.60. The summed E-state index contributed by atoms with van der Waals surface area (Å²) in [6.07, 6.45) is 4.90. The summed E-state index contributed by atoms with van der Waals surface area (Å²) in [7, 11) is 0. The van der Waals surface area contributed by atoms with Crippen molar-refractivity contribution < 1.29 is 9.53 Å². The van der Waals surface area contributed by atoms with Gasteiger partial charge in [-0.1, -0.05) is 0 Å². The molecule has 15 heavy (non-hydrogen) atoms. The molecule has 1 amide bonds. The summed E-state index contributed by atoms with van der Waals surface area (Å²) in [5.41, 5.74) is 0. The number of alkyl halides is 1. The molecule has 2 saturated heterocycles. The summed E-state index contributed by atoms with van der Waals surface area (Å²) in [5, 5.41) is 0.146. The Morgan fingerprint density at radius 1 is 1.40 bits per heavy atom. The Hall–Kier alpha value is -0.280. The van der Waals surface area contributed by atoms with Crippen LogP contribution in [0.4, 0.5) is 0 Å². The minimum Gasteiger partial charge on any atom is -0.378 e. The standard InChI is InChI=1S/C11H18ClNO2/c12-9-3-1-5-13(8-9)11(14)7-10-4-2-6-15-10/h9-10H,1-8H2. The number of piperidine rings is 1. The number of nitrogens with zero attached hydrogens (tertiary/aromatic N) is 1. The van der Waals surface area contributed by atoms with Gasteiger partial charge < -0.3 is 9.64 Å². The predicted molar refractivity (Wildman–Crippen MR) is 59.0 cm³/mol. The zero-order chi connectivity index (χ0) is 10.7. The lowest BCUT2D eigenvalue weighted by molar-refractivity contribution is -0.134. The van der Waals surface area contributed by atoms with Crippen LogP contribution in [0.2, 0.25) is 0 Å². The van der Waals surface area contributed by atoms with Crippen LogP contribution < -0.4 is 0 Å². The highest BCUT2D eigenvalue weighted by Crippen LogP contribution is 2.20. The van der Waals surface area contributed by atoms with Crippen molar-refractivity contribution in [2.45, 2.75) is 43.6 Å². The molecule has 86 valence electrons. The molecular weight excluding hydrogens is 214 g/mol. The van der Waals surface area contributed by atoms with E-state index in [2.05, 4.69) is 0 Å². The molecule has 0 aliphatic carbocycles. The molecule has 2 rings (SSSR count). The Labute approximate surface area is 95.7 Å². The fraction of sp³-hybridized carbons (Fsp3) is 0.909.